The van der Waals surface area contributed by atoms with E-state index in [1.54, 1.807) is 0 Å². The lowest BCUT2D eigenvalue weighted by atomic mass is 9.90. The quantitative estimate of drug-likeness (QED) is 0.724. The summed E-state index contributed by atoms with van der Waals surface area (Å²) < 4.78 is 5.20. The van der Waals surface area contributed by atoms with E-state index in [1.807, 2.05) is 0 Å². The van der Waals surface area contributed by atoms with Gasteiger partial charge in [0, 0.05) is 13.0 Å². The van der Waals surface area contributed by atoms with E-state index in [2.05, 4.69) is 0 Å². The molecule has 0 radical (unpaired) electrons. The van der Waals surface area contributed by atoms with E-state index < -0.39 is 6.09 Å². The van der Waals surface area contributed by atoms with Gasteiger partial charge in [0.1, 0.15) is 0 Å². The molecule has 4 nitrogen and oxygen atoms in total. The zero-order chi connectivity index (χ0) is 11.4. The number of rotatable bonds is 2. The topological polar surface area (TPSA) is 46.6 Å². The summed E-state index contributed by atoms with van der Waals surface area (Å²) in [7, 11) is 0. The van der Waals surface area contributed by atoms with Crippen molar-refractivity contribution in [3.05, 3.63) is 0 Å². The lowest BCUT2D eigenvalue weighted by Crippen LogP contribution is -2.33. The summed E-state index contributed by atoms with van der Waals surface area (Å²) in [6.45, 7) is 1.02. The Labute approximate surface area is 95.9 Å². The van der Waals surface area contributed by atoms with E-state index in [4.69, 9.17) is 4.74 Å². The van der Waals surface area contributed by atoms with Crippen molar-refractivity contribution in [1.82, 2.24) is 4.90 Å². The van der Waals surface area contributed by atoms with Crippen molar-refractivity contribution in [2.75, 3.05) is 13.2 Å². The molecule has 2 aliphatic rings. The summed E-state index contributed by atoms with van der Waals surface area (Å²) in [6, 6.07) is 0. The first-order valence-electron chi connectivity index (χ1n) is 6.24. The molecule has 16 heavy (non-hydrogen) atoms. The van der Waals surface area contributed by atoms with Gasteiger partial charge in [-0.1, -0.05) is 19.3 Å². The van der Waals surface area contributed by atoms with Crippen LogP contribution < -0.4 is 0 Å². The van der Waals surface area contributed by atoms with Gasteiger partial charge < -0.3 is 4.74 Å². The molecule has 0 atom stereocenters. The van der Waals surface area contributed by atoms with Crippen LogP contribution in [-0.4, -0.2) is 30.1 Å². The number of carbonyl (C=O) groups is 2. The smallest absolute Gasteiger partial charge is 0.416 e. The van der Waals surface area contributed by atoms with Crippen LogP contribution in [-0.2, 0) is 9.53 Å². The Morgan fingerprint density at radius 3 is 2.62 bits per heavy atom. The number of nitrogens with zero attached hydrogens (tertiary/aromatic N) is 1. The molecule has 0 unspecified atom stereocenters. The molecule has 1 aliphatic carbocycles. The highest BCUT2D eigenvalue weighted by Crippen LogP contribution is 2.24. The van der Waals surface area contributed by atoms with E-state index in [0.717, 1.165) is 19.3 Å². The predicted molar refractivity (Wildman–Crippen MR) is 58.9 cm³/mol. The number of ether oxygens (including phenoxy) is 1. The molecule has 1 saturated carbocycles. The van der Waals surface area contributed by atoms with Gasteiger partial charge in [0.25, 0.3) is 0 Å². The zero-order valence-electron chi connectivity index (χ0n) is 9.61. The maximum atomic E-state index is 11.6. The highest BCUT2D eigenvalue weighted by Gasteiger charge is 2.28. The van der Waals surface area contributed by atoms with Crippen LogP contribution in [0.5, 0.6) is 0 Å². The van der Waals surface area contributed by atoms with Crippen molar-refractivity contribution in [3.63, 3.8) is 0 Å². The Kier molecular flexibility index (Phi) is 3.80. The van der Waals surface area contributed by atoms with Crippen molar-refractivity contribution >= 4 is 12.0 Å². The van der Waals surface area contributed by atoms with E-state index in [9.17, 15) is 9.59 Å². The predicted octanol–water partition coefficient (Wildman–Crippen LogP) is 2.33. The SMILES string of the molecule is O=C1CCCN1C(=O)OCC1CCCCC1. The second-order valence-electron chi connectivity index (χ2n) is 4.73. The van der Waals surface area contributed by atoms with Crippen LogP contribution in [0.3, 0.4) is 0 Å². The molecule has 0 N–H and O–H groups in total. The highest BCUT2D eigenvalue weighted by molar-refractivity contribution is 5.93. The van der Waals surface area contributed by atoms with Crippen LogP contribution in [0.25, 0.3) is 0 Å². The molecule has 4 heteroatoms. The van der Waals surface area contributed by atoms with Crippen LogP contribution >= 0.6 is 0 Å². The lowest BCUT2D eigenvalue weighted by Gasteiger charge is -2.22. The number of carbonyl (C=O) groups excluding carboxylic acids is 2. The standard InChI is InChI=1S/C12H19NO3/c14-11-7-4-8-13(11)12(15)16-9-10-5-2-1-3-6-10/h10H,1-9H2. The number of amides is 2. The van der Waals surface area contributed by atoms with Gasteiger partial charge in [-0.3, -0.25) is 4.79 Å². The first kappa shape index (κ1) is 11.4. The van der Waals surface area contributed by atoms with E-state index in [0.29, 0.717) is 25.5 Å². The Balaban J connectivity index is 1.72. The van der Waals surface area contributed by atoms with Crippen molar-refractivity contribution in [2.45, 2.75) is 44.9 Å². The van der Waals surface area contributed by atoms with E-state index >= 15 is 0 Å². The van der Waals surface area contributed by atoms with E-state index in [1.165, 1.54) is 24.2 Å². The molecule has 0 aromatic carbocycles. The Hall–Kier alpha value is -1.06. The summed E-state index contributed by atoms with van der Waals surface area (Å²) in [5, 5.41) is 0. The van der Waals surface area contributed by atoms with E-state index in [-0.39, 0.29) is 5.91 Å². The minimum atomic E-state index is -0.437. The first-order chi connectivity index (χ1) is 7.77. The van der Waals surface area contributed by atoms with Gasteiger partial charge in [-0.25, -0.2) is 9.69 Å². The number of likely N-dealkylation sites (tertiary alicyclic amines) is 1. The fourth-order valence-corrected chi connectivity index (χ4v) is 2.46. The van der Waals surface area contributed by atoms with Gasteiger partial charge in [0.2, 0.25) is 5.91 Å². The number of imide groups is 1. The van der Waals surface area contributed by atoms with Crippen LogP contribution in [0, 0.1) is 5.92 Å². The average Bonchev–Trinajstić information content (AvgIpc) is 2.74. The van der Waals surface area contributed by atoms with Gasteiger partial charge in [0.05, 0.1) is 6.61 Å². The van der Waals surface area contributed by atoms with Crippen LogP contribution in [0.4, 0.5) is 4.79 Å². The van der Waals surface area contributed by atoms with Gasteiger partial charge in [-0.2, -0.15) is 0 Å². The minimum absolute atomic E-state index is 0.0892. The summed E-state index contributed by atoms with van der Waals surface area (Å²) in [4.78, 5) is 24.1. The zero-order valence-corrected chi connectivity index (χ0v) is 9.61. The molecule has 0 aromatic rings. The van der Waals surface area contributed by atoms with Gasteiger partial charge in [0.15, 0.2) is 0 Å². The monoisotopic (exact) mass is 225 g/mol. The molecule has 2 rings (SSSR count). The molecular formula is C12H19NO3. The van der Waals surface area contributed by atoms with Crippen LogP contribution in [0.1, 0.15) is 44.9 Å². The van der Waals surface area contributed by atoms with Crippen molar-refractivity contribution < 1.29 is 14.3 Å². The third-order valence-corrected chi connectivity index (χ3v) is 3.46. The van der Waals surface area contributed by atoms with Crippen LogP contribution in [0.15, 0.2) is 0 Å². The summed E-state index contributed by atoms with van der Waals surface area (Å²) in [6.07, 6.45) is 6.91. The maximum Gasteiger partial charge on any atom is 0.416 e. The fourth-order valence-electron chi connectivity index (χ4n) is 2.46. The fraction of sp³-hybridized carbons (Fsp3) is 0.833. The third-order valence-electron chi connectivity index (χ3n) is 3.46. The third kappa shape index (κ3) is 2.74. The molecule has 0 aromatic heterocycles. The summed E-state index contributed by atoms with van der Waals surface area (Å²) in [5.74, 6) is 0.420. The number of hydrogen-bond donors (Lipinski definition) is 0. The average molecular weight is 225 g/mol. The van der Waals surface area contributed by atoms with Gasteiger partial charge in [-0.15, -0.1) is 0 Å². The Morgan fingerprint density at radius 2 is 2.00 bits per heavy atom. The van der Waals surface area contributed by atoms with Crippen LogP contribution in [0.2, 0.25) is 0 Å². The molecule has 2 fully saturated rings. The molecule has 1 saturated heterocycles. The maximum absolute atomic E-state index is 11.6. The molecule has 0 bridgehead atoms. The Morgan fingerprint density at radius 1 is 1.25 bits per heavy atom. The van der Waals surface area contributed by atoms with Gasteiger partial charge in [-0.05, 0) is 25.2 Å². The molecule has 1 aliphatic heterocycles. The molecular weight excluding hydrogens is 206 g/mol. The molecule has 90 valence electrons. The second kappa shape index (κ2) is 5.32. The highest BCUT2D eigenvalue weighted by atomic mass is 16.6. The summed E-state index contributed by atoms with van der Waals surface area (Å²) >= 11 is 0. The van der Waals surface area contributed by atoms with Crippen molar-refractivity contribution in [3.8, 4) is 0 Å². The Bertz CT molecular complexity index is 271. The normalized spacial score (nSPS) is 22.5. The lowest BCUT2D eigenvalue weighted by molar-refractivity contribution is -0.126. The largest absolute Gasteiger partial charge is 0.449 e. The molecule has 0 spiro atoms. The minimum Gasteiger partial charge on any atom is -0.449 e. The molecule has 1 heterocycles. The number of hydrogen-bond acceptors (Lipinski definition) is 3. The van der Waals surface area contributed by atoms with Gasteiger partial charge >= 0.3 is 6.09 Å². The van der Waals surface area contributed by atoms with Crippen molar-refractivity contribution in [2.24, 2.45) is 5.92 Å². The summed E-state index contributed by atoms with van der Waals surface area (Å²) in [5.41, 5.74) is 0. The second-order valence-corrected chi connectivity index (χ2v) is 4.73. The van der Waals surface area contributed by atoms with Crippen molar-refractivity contribution in [1.29, 1.82) is 0 Å². The first-order valence-corrected chi connectivity index (χ1v) is 6.24. The molecule has 2 amide bonds.